The molecule has 0 bridgehead atoms. The number of carbonyl (C=O) groups is 1. The molecule has 0 fully saturated rings. The molecule has 7 nitrogen and oxygen atoms in total. The SMILES string of the molecule is CCOC(CC(=O)O)c1ccc(OCCn2c(CC)nc(-c3ccccc3)cc2=O)cc1.[NaH]. The number of ether oxygens (including phenoxy) is 2. The Kier molecular flexibility index (Phi) is 10.8. The molecule has 2 aromatic carbocycles. The zero-order chi connectivity index (χ0) is 22.9. The maximum absolute atomic E-state index is 12.7. The van der Waals surface area contributed by atoms with Crippen LogP contribution in [0, 0.1) is 0 Å². The molecule has 3 aromatic rings. The Morgan fingerprint density at radius 1 is 1.09 bits per heavy atom. The van der Waals surface area contributed by atoms with Crippen LogP contribution in [0.4, 0.5) is 0 Å². The number of hydrogen-bond acceptors (Lipinski definition) is 5. The summed E-state index contributed by atoms with van der Waals surface area (Å²) in [6.45, 7) is 4.93. The molecule has 8 heteroatoms. The minimum absolute atomic E-state index is 0. The Morgan fingerprint density at radius 2 is 1.79 bits per heavy atom. The summed E-state index contributed by atoms with van der Waals surface area (Å²) >= 11 is 0. The summed E-state index contributed by atoms with van der Waals surface area (Å²) in [4.78, 5) is 28.4. The van der Waals surface area contributed by atoms with Gasteiger partial charge < -0.3 is 14.6 Å². The van der Waals surface area contributed by atoms with Crippen molar-refractivity contribution in [2.24, 2.45) is 0 Å². The molecule has 1 heterocycles. The van der Waals surface area contributed by atoms with E-state index in [1.807, 2.05) is 44.2 Å². The van der Waals surface area contributed by atoms with Crippen molar-refractivity contribution in [1.29, 1.82) is 0 Å². The van der Waals surface area contributed by atoms with Crippen molar-refractivity contribution < 1.29 is 19.4 Å². The van der Waals surface area contributed by atoms with Crippen molar-refractivity contribution in [3.05, 3.63) is 82.4 Å². The predicted molar refractivity (Wildman–Crippen MR) is 129 cm³/mol. The Balaban J connectivity index is 0.00000385. The van der Waals surface area contributed by atoms with Gasteiger partial charge in [0.1, 0.15) is 18.2 Å². The van der Waals surface area contributed by atoms with Crippen LogP contribution in [0.1, 0.15) is 37.8 Å². The standard InChI is InChI=1S/C25H28N2O5.Na.H/c1-3-23-26-21(18-8-6-5-7-9-18)16-24(28)27(23)14-15-32-20-12-10-19(11-13-20)22(31-4-2)17-25(29)30;;/h5-13,16,22H,3-4,14-15,17H2,1-2H3,(H,29,30);;. The third-order valence-electron chi connectivity index (χ3n) is 5.04. The van der Waals surface area contributed by atoms with Crippen molar-refractivity contribution in [2.45, 2.75) is 39.3 Å². The van der Waals surface area contributed by atoms with Crippen molar-refractivity contribution >= 4 is 35.5 Å². The number of carboxylic acids is 1. The first-order valence-corrected chi connectivity index (χ1v) is 10.7. The molecule has 0 spiro atoms. The molecule has 33 heavy (non-hydrogen) atoms. The quantitative estimate of drug-likeness (QED) is 0.441. The fourth-order valence-electron chi connectivity index (χ4n) is 3.49. The summed E-state index contributed by atoms with van der Waals surface area (Å²) in [5, 5.41) is 9.06. The van der Waals surface area contributed by atoms with E-state index in [9.17, 15) is 9.59 Å². The van der Waals surface area contributed by atoms with Crippen LogP contribution < -0.4 is 10.3 Å². The van der Waals surface area contributed by atoms with Gasteiger partial charge in [0.05, 0.1) is 24.8 Å². The maximum atomic E-state index is 12.7. The Morgan fingerprint density at radius 3 is 2.39 bits per heavy atom. The molecule has 0 radical (unpaired) electrons. The molecular weight excluding hydrogens is 431 g/mol. The van der Waals surface area contributed by atoms with Gasteiger partial charge in [-0.3, -0.25) is 14.2 Å². The van der Waals surface area contributed by atoms with E-state index in [2.05, 4.69) is 4.98 Å². The fourth-order valence-corrected chi connectivity index (χ4v) is 3.49. The molecule has 0 aliphatic rings. The van der Waals surface area contributed by atoms with Gasteiger partial charge in [0.15, 0.2) is 0 Å². The van der Waals surface area contributed by atoms with Gasteiger partial charge in [-0.2, -0.15) is 0 Å². The second-order valence-corrected chi connectivity index (χ2v) is 7.23. The molecule has 1 unspecified atom stereocenters. The van der Waals surface area contributed by atoms with E-state index >= 15 is 0 Å². The first kappa shape index (κ1) is 26.8. The molecule has 1 atom stereocenters. The van der Waals surface area contributed by atoms with E-state index in [0.717, 1.165) is 11.1 Å². The molecule has 170 valence electrons. The zero-order valence-corrected chi connectivity index (χ0v) is 18.4. The monoisotopic (exact) mass is 460 g/mol. The number of aryl methyl sites for hydroxylation is 1. The Labute approximate surface area is 215 Å². The van der Waals surface area contributed by atoms with E-state index in [4.69, 9.17) is 14.6 Å². The van der Waals surface area contributed by atoms with Gasteiger partial charge in [0.2, 0.25) is 0 Å². The molecule has 1 N–H and O–H groups in total. The number of carboxylic acid groups (broad SMARTS) is 1. The molecule has 0 saturated heterocycles. The summed E-state index contributed by atoms with van der Waals surface area (Å²) in [6, 6.07) is 18.4. The molecule has 1 aromatic heterocycles. The van der Waals surface area contributed by atoms with E-state index < -0.39 is 12.1 Å². The Bertz CT molecular complexity index is 1080. The van der Waals surface area contributed by atoms with Crippen LogP contribution in [-0.4, -0.2) is 63.4 Å². The van der Waals surface area contributed by atoms with Crippen LogP contribution in [0.2, 0.25) is 0 Å². The minimum atomic E-state index is -0.909. The van der Waals surface area contributed by atoms with E-state index in [-0.39, 0.29) is 41.5 Å². The van der Waals surface area contributed by atoms with Gasteiger partial charge in [-0.15, -0.1) is 0 Å². The predicted octanol–water partition coefficient (Wildman–Crippen LogP) is 3.46. The Hall–Kier alpha value is -2.45. The van der Waals surface area contributed by atoms with Crippen LogP contribution in [0.5, 0.6) is 5.75 Å². The van der Waals surface area contributed by atoms with Gasteiger partial charge in [0.25, 0.3) is 5.56 Å². The van der Waals surface area contributed by atoms with Gasteiger partial charge in [0, 0.05) is 24.7 Å². The van der Waals surface area contributed by atoms with Gasteiger partial charge in [-0.05, 0) is 24.6 Å². The average Bonchev–Trinajstić information content (AvgIpc) is 2.80. The number of nitrogens with zero attached hydrogens (tertiary/aromatic N) is 2. The fraction of sp³-hybridized carbons (Fsp3) is 0.320. The summed E-state index contributed by atoms with van der Waals surface area (Å²) in [7, 11) is 0. The van der Waals surface area contributed by atoms with Crippen LogP contribution in [0.25, 0.3) is 11.3 Å². The number of aliphatic carboxylic acids is 1. The van der Waals surface area contributed by atoms with Crippen LogP contribution in [0.3, 0.4) is 0 Å². The van der Waals surface area contributed by atoms with Crippen LogP contribution >= 0.6 is 0 Å². The summed E-state index contributed by atoms with van der Waals surface area (Å²) < 4.78 is 13.0. The van der Waals surface area contributed by atoms with E-state index in [0.29, 0.717) is 43.4 Å². The number of rotatable bonds is 11. The van der Waals surface area contributed by atoms with Gasteiger partial charge in [-0.25, -0.2) is 4.98 Å². The van der Waals surface area contributed by atoms with Gasteiger partial charge in [-0.1, -0.05) is 49.4 Å². The average molecular weight is 461 g/mol. The molecule has 0 saturated carbocycles. The second-order valence-electron chi connectivity index (χ2n) is 7.23. The van der Waals surface area contributed by atoms with Crippen molar-refractivity contribution in [3.8, 4) is 17.0 Å². The topological polar surface area (TPSA) is 90.7 Å². The van der Waals surface area contributed by atoms with E-state index in [1.54, 1.807) is 34.9 Å². The third kappa shape index (κ3) is 7.54. The molecule has 0 aliphatic heterocycles. The first-order valence-electron chi connectivity index (χ1n) is 10.7. The number of hydrogen-bond donors (Lipinski definition) is 1. The van der Waals surface area contributed by atoms with Gasteiger partial charge >= 0.3 is 35.5 Å². The van der Waals surface area contributed by atoms with Crippen molar-refractivity contribution in [2.75, 3.05) is 13.2 Å². The van der Waals surface area contributed by atoms with Crippen LogP contribution in [-0.2, 0) is 22.5 Å². The normalized spacial score (nSPS) is 11.5. The van der Waals surface area contributed by atoms with Crippen molar-refractivity contribution in [1.82, 2.24) is 9.55 Å². The van der Waals surface area contributed by atoms with E-state index in [1.165, 1.54) is 0 Å². The summed E-state index contributed by atoms with van der Waals surface area (Å²) in [6.07, 6.45) is 0.0434. The van der Waals surface area contributed by atoms with Crippen LogP contribution in [0.15, 0.2) is 65.5 Å². The molecule has 0 amide bonds. The zero-order valence-electron chi connectivity index (χ0n) is 18.4. The second kappa shape index (κ2) is 13.3. The number of benzene rings is 2. The first-order chi connectivity index (χ1) is 15.5. The third-order valence-corrected chi connectivity index (χ3v) is 5.04. The number of aromatic nitrogens is 2. The summed E-state index contributed by atoms with van der Waals surface area (Å²) in [5.74, 6) is 0.440. The molecular formula is C25H29N2NaO5. The summed E-state index contributed by atoms with van der Waals surface area (Å²) in [5.41, 5.74) is 2.26. The van der Waals surface area contributed by atoms with Crippen molar-refractivity contribution in [3.63, 3.8) is 0 Å². The molecule has 3 rings (SSSR count). The molecule has 0 aliphatic carbocycles.